The molecule has 3 rings (SSSR count). The van der Waals surface area contributed by atoms with Gasteiger partial charge >= 0.3 is 0 Å². The van der Waals surface area contributed by atoms with E-state index in [2.05, 4.69) is 51.6 Å². The van der Waals surface area contributed by atoms with Crippen LogP contribution < -0.4 is 5.32 Å². The highest BCUT2D eigenvalue weighted by atomic mass is 16.5. The van der Waals surface area contributed by atoms with Crippen molar-refractivity contribution in [1.29, 1.82) is 0 Å². The van der Waals surface area contributed by atoms with Gasteiger partial charge in [-0.2, -0.15) is 5.21 Å². The predicted molar refractivity (Wildman–Crippen MR) is 102 cm³/mol. The molecule has 8 heteroatoms. The molecule has 1 aliphatic carbocycles. The summed E-state index contributed by atoms with van der Waals surface area (Å²) in [7, 11) is 0. The highest BCUT2D eigenvalue weighted by Gasteiger charge is 2.30. The molecular weight excluding hydrogens is 344 g/mol. The largest absolute Gasteiger partial charge is 0.378 e. The number of morpholine rings is 1. The Balaban J connectivity index is 1.53. The molecule has 0 unspecified atom stereocenters. The first kappa shape index (κ1) is 19.9. The van der Waals surface area contributed by atoms with Gasteiger partial charge in [-0.3, -0.25) is 9.69 Å². The molecule has 0 saturated carbocycles. The van der Waals surface area contributed by atoms with Crippen LogP contribution in [0.1, 0.15) is 58.7 Å². The van der Waals surface area contributed by atoms with E-state index >= 15 is 0 Å². The molecule has 27 heavy (non-hydrogen) atoms. The summed E-state index contributed by atoms with van der Waals surface area (Å²) < 4.78 is 5.64. The molecule has 2 aliphatic rings. The number of aromatic amines is 1. The van der Waals surface area contributed by atoms with Gasteiger partial charge in [0, 0.05) is 25.6 Å². The molecule has 2 heterocycles. The smallest absolute Gasteiger partial charge is 0.222 e. The number of hydrogen-bond donors (Lipinski definition) is 2. The SMILES string of the molecule is CC1=C(CCN2CCOC[C@@H]2CC(=O)NCc2nn[nH]n2)C(C)(C)CCC1. The summed E-state index contributed by atoms with van der Waals surface area (Å²) >= 11 is 0. The number of H-pyrrole nitrogens is 1. The summed E-state index contributed by atoms with van der Waals surface area (Å²) in [6.07, 6.45) is 5.30. The van der Waals surface area contributed by atoms with Crippen LogP contribution in [0.3, 0.4) is 0 Å². The van der Waals surface area contributed by atoms with Crippen molar-refractivity contribution in [1.82, 2.24) is 30.8 Å². The Bertz CT molecular complexity index is 655. The average molecular weight is 377 g/mol. The van der Waals surface area contributed by atoms with Crippen LogP contribution in [0.2, 0.25) is 0 Å². The van der Waals surface area contributed by atoms with E-state index in [4.69, 9.17) is 4.74 Å². The average Bonchev–Trinajstić information content (AvgIpc) is 3.14. The van der Waals surface area contributed by atoms with Crippen LogP contribution in [0, 0.1) is 5.41 Å². The highest BCUT2D eigenvalue weighted by Crippen LogP contribution is 2.41. The van der Waals surface area contributed by atoms with E-state index < -0.39 is 0 Å². The molecular formula is C19H32N6O2. The fourth-order valence-electron chi connectivity index (χ4n) is 4.37. The number of ether oxygens (including phenoxy) is 1. The van der Waals surface area contributed by atoms with Crippen molar-refractivity contribution < 1.29 is 9.53 Å². The summed E-state index contributed by atoms with van der Waals surface area (Å²) in [4.78, 5) is 14.7. The van der Waals surface area contributed by atoms with Crippen LogP contribution in [0.15, 0.2) is 11.1 Å². The van der Waals surface area contributed by atoms with Crippen LogP contribution in [0.4, 0.5) is 0 Å². The highest BCUT2D eigenvalue weighted by molar-refractivity contribution is 5.76. The van der Waals surface area contributed by atoms with Gasteiger partial charge in [-0.15, -0.1) is 10.2 Å². The van der Waals surface area contributed by atoms with Gasteiger partial charge in [0.2, 0.25) is 5.91 Å². The molecule has 0 aromatic carbocycles. The van der Waals surface area contributed by atoms with Gasteiger partial charge in [0.05, 0.1) is 19.8 Å². The van der Waals surface area contributed by atoms with Gasteiger partial charge < -0.3 is 10.1 Å². The van der Waals surface area contributed by atoms with E-state index in [1.54, 1.807) is 11.1 Å². The van der Waals surface area contributed by atoms with Gasteiger partial charge in [-0.05, 0) is 38.0 Å². The van der Waals surface area contributed by atoms with E-state index in [0.29, 0.717) is 30.8 Å². The number of nitrogens with one attached hydrogen (secondary N) is 2. The monoisotopic (exact) mass is 376 g/mol. The maximum atomic E-state index is 12.3. The molecule has 8 nitrogen and oxygen atoms in total. The zero-order valence-electron chi connectivity index (χ0n) is 16.8. The number of tetrazole rings is 1. The van der Waals surface area contributed by atoms with Gasteiger partial charge in [0.1, 0.15) is 0 Å². The first-order valence-corrected chi connectivity index (χ1v) is 9.95. The molecule has 1 aromatic heterocycles. The normalized spacial score (nSPS) is 23.4. The molecule has 1 atom stereocenters. The molecule has 0 radical (unpaired) electrons. The lowest BCUT2D eigenvalue weighted by Gasteiger charge is -2.39. The number of allylic oxidation sites excluding steroid dienone is 1. The molecule has 1 amide bonds. The van der Waals surface area contributed by atoms with E-state index in [0.717, 1.165) is 26.1 Å². The van der Waals surface area contributed by atoms with Crippen molar-refractivity contribution in [2.45, 2.75) is 65.5 Å². The third-order valence-electron chi connectivity index (χ3n) is 5.94. The summed E-state index contributed by atoms with van der Waals surface area (Å²) in [5.41, 5.74) is 3.47. The number of amides is 1. The molecule has 2 N–H and O–H groups in total. The fraction of sp³-hybridized carbons (Fsp3) is 0.789. The van der Waals surface area contributed by atoms with E-state index in [1.807, 2.05) is 0 Å². The van der Waals surface area contributed by atoms with Crippen molar-refractivity contribution in [3.05, 3.63) is 17.0 Å². The Morgan fingerprint density at radius 1 is 1.44 bits per heavy atom. The summed E-state index contributed by atoms with van der Waals surface area (Å²) in [5.74, 6) is 0.482. The van der Waals surface area contributed by atoms with Crippen molar-refractivity contribution in [2.24, 2.45) is 5.41 Å². The summed E-state index contributed by atoms with van der Waals surface area (Å²) in [6.45, 7) is 10.5. The second kappa shape index (κ2) is 8.93. The third-order valence-corrected chi connectivity index (χ3v) is 5.94. The number of carbonyl (C=O) groups is 1. The molecule has 0 spiro atoms. The van der Waals surface area contributed by atoms with Gasteiger partial charge in [-0.25, -0.2) is 0 Å². The Kier molecular flexibility index (Phi) is 6.59. The lowest BCUT2D eigenvalue weighted by atomic mass is 9.71. The first-order valence-electron chi connectivity index (χ1n) is 9.95. The minimum atomic E-state index is -0.00584. The van der Waals surface area contributed by atoms with Crippen LogP contribution in [-0.2, 0) is 16.1 Å². The third kappa shape index (κ3) is 5.35. The van der Waals surface area contributed by atoms with Gasteiger partial charge in [0.25, 0.3) is 0 Å². The maximum absolute atomic E-state index is 12.3. The minimum Gasteiger partial charge on any atom is -0.378 e. The number of nitrogens with zero attached hydrogens (tertiary/aromatic N) is 4. The predicted octanol–water partition coefficient (Wildman–Crippen LogP) is 1.82. The molecule has 1 fully saturated rings. The summed E-state index contributed by atoms with van der Waals surface area (Å²) in [6, 6.07) is 0.122. The topological polar surface area (TPSA) is 96.0 Å². The molecule has 1 saturated heterocycles. The van der Waals surface area contributed by atoms with E-state index in [1.165, 1.54) is 19.3 Å². The Morgan fingerprint density at radius 2 is 2.30 bits per heavy atom. The Morgan fingerprint density at radius 3 is 3.04 bits per heavy atom. The van der Waals surface area contributed by atoms with Crippen molar-refractivity contribution >= 4 is 5.91 Å². The number of aromatic nitrogens is 4. The van der Waals surface area contributed by atoms with Gasteiger partial charge in [0.15, 0.2) is 5.82 Å². The molecule has 1 aromatic rings. The number of hydrogen-bond acceptors (Lipinski definition) is 6. The van der Waals surface area contributed by atoms with Crippen LogP contribution >= 0.6 is 0 Å². The second-order valence-corrected chi connectivity index (χ2v) is 8.32. The second-order valence-electron chi connectivity index (χ2n) is 8.32. The quantitative estimate of drug-likeness (QED) is 0.705. The van der Waals surface area contributed by atoms with Crippen molar-refractivity contribution in [2.75, 3.05) is 26.3 Å². The Hall–Kier alpha value is -1.80. The molecule has 0 bridgehead atoms. The fourth-order valence-corrected chi connectivity index (χ4v) is 4.37. The summed E-state index contributed by atoms with van der Waals surface area (Å²) in [5, 5.41) is 16.4. The lowest BCUT2D eigenvalue weighted by Crippen LogP contribution is -2.48. The lowest BCUT2D eigenvalue weighted by molar-refractivity contribution is -0.124. The van der Waals surface area contributed by atoms with E-state index in [9.17, 15) is 4.79 Å². The maximum Gasteiger partial charge on any atom is 0.222 e. The van der Waals surface area contributed by atoms with Crippen LogP contribution in [0.25, 0.3) is 0 Å². The van der Waals surface area contributed by atoms with Crippen molar-refractivity contribution in [3.8, 4) is 0 Å². The van der Waals surface area contributed by atoms with Gasteiger partial charge in [-0.1, -0.05) is 30.2 Å². The first-order chi connectivity index (χ1) is 13.0. The van der Waals surface area contributed by atoms with Crippen LogP contribution in [0.5, 0.6) is 0 Å². The van der Waals surface area contributed by atoms with Crippen molar-refractivity contribution in [3.63, 3.8) is 0 Å². The molecule has 1 aliphatic heterocycles. The number of rotatable bonds is 7. The minimum absolute atomic E-state index is 0.00584. The number of carbonyl (C=O) groups excluding carboxylic acids is 1. The zero-order chi connectivity index (χ0) is 19.3. The molecule has 150 valence electrons. The van der Waals surface area contributed by atoms with Crippen LogP contribution in [-0.4, -0.2) is 63.8 Å². The zero-order valence-corrected chi connectivity index (χ0v) is 16.8. The van der Waals surface area contributed by atoms with E-state index in [-0.39, 0.29) is 11.9 Å². The Labute approximate surface area is 161 Å². The standard InChI is InChI=1S/C19H32N6O2/c1-14-5-4-7-19(2,3)16(14)6-8-25-9-10-27-13-15(25)11-18(26)20-12-17-21-23-24-22-17/h15H,4-13H2,1-3H3,(H,20,26)(H,21,22,23,24)/t15-/m0/s1.